The maximum atomic E-state index is 11.5. The second kappa shape index (κ2) is 5.23. The lowest BCUT2D eigenvalue weighted by Crippen LogP contribution is -2.45. The van der Waals surface area contributed by atoms with Gasteiger partial charge in [0.05, 0.1) is 12.2 Å². The molecule has 1 saturated heterocycles. The Morgan fingerprint density at radius 2 is 2.06 bits per heavy atom. The molecular formula is C11H18N4O. The summed E-state index contributed by atoms with van der Waals surface area (Å²) < 4.78 is 1.55. The van der Waals surface area contributed by atoms with E-state index in [0.29, 0.717) is 6.54 Å². The Morgan fingerprint density at radius 3 is 2.81 bits per heavy atom. The molecule has 0 spiro atoms. The van der Waals surface area contributed by atoms with Gasteiger partial charge in [0.15, 0.2) is 0 Å². The van der Waals surface area contributed by atoms with Gasteiger partial charge in [0, 0.05) is 38.8 Å². The van der Waals surface area contributed by atoms with E-state index in [0.717, 1.165) is 38.4 Å². The standard InChI is InChI=1S/C11H18N4O/c1-10-2-3-11(16)15(13-10)9-8-14-6-4-12-5-7-14/h2-3,12H,4-9H2,1H3. The van der Waals surface area contributed by atoms with Gasteiger partial charge in [-0.15, -0.1) is 0 Å². The van der Waals surface area contributed by atoms with Crippen molar-refractivity contribution in [3.63, 3.8) is 0 Å². The topological polar surface area (TPSA) is 50.2 Å². The molecule has 16 heavy (non-hydrogen) atoms. The van der Waals surface area contributed by atoms with Crippen molar-refractivity contribution in [1.29, 1.82) is 0 Å². The number of nitrogens with one attached hydrogen (secondary N) is 1. The Bertz CT molecular complexity index is 395. The van der Waals surface area contributed by atoms with Crippen LogP contribution >= 0.6 is 0 Å². The molecule has 0 aliphatic carbocycles. The fourth-order valence-electron chi connectivity index (χ4n) is 1.88. The minimum absolute atomic E-state index is 0.0132. The molecule has 0 amide bonds. The van der Waals surface area contributed by atoms with Crippen molar-refractivity contribution in [3.05, 3.63) is 28.2 Å². The lowest BCUT2D eigenvalue weighted by Gasteiger charge is -2.27. The van der Waals surface area contributed by atoms with Crippen LogP contribution in [0.5, 0.6) is 0 Å². The van der Waals surface area contributed by atoms with Crippen LogP contribution in [0.2, 0.25) is 0 Å². The molecule has 0 atom stereocenters. The van der Waals surface area contributed by atoms with Gasteiger partial charge in [-0.1, -0.05) is 0 Å². The second-order valence-electron chi connectivity index (χ2n) is 4.13. The fraction of sp³-hybridized carbons (Fsp3) is 0.636. The van der Waals surface area contributed by atoms with E-state index in [2.05, 4.69) is 15.3 Å². The monoisotopic (exact) mass is 222 g/mol. The molecular weight excluding hydrogens is 204 g/mol. The van der Waals surface area contributed by atoms with Crippen LogP contribution in [-0.2, 0) is 6.54 Å². The number of hydrogen-bond donors (Lipinski definition) is 1. The molecule has 1 aromatic rings. The van der Waals surface area contributed by atoms with Crippen molar-refractivity contribution in [1.82, 2.24) is 20.0 Å². The predicted octanol–water partition coefficient (Wildman–Crippen LogP) is -0.543. The van der Waals surface area contributed by atoms with Crippen LogP contribution in [0, 0.1) is 6.92 Å². The summed E-state index contributed by atoms with van der Waals surface area (Å²) >= 11 is 0. The van der Waals surface area contributed by atoms with E-state index in [4.69, 9.17) is 0 Å². The van der Waals surface area contributed by atoms with Crippen LogP contribution in [0.3, 0.4) is 0 Å². The highest BCUT2D eigenvalue weighted by Gasteiger charge is 2.09. The van der Waals surface area contributed by atoms with E-state index in [-0.39, 0.29) is 5.56 Å². The van der Waals surface area contributed by atoms with E-state index in [1.54, 1.807) is 16.8 Å². The maximum absolute atomic E-state index is 11.5. The number of nitrogens with zero attached hydrogens (tertiary/aromatic N) is 3. The van der Waals surface area contributed by atoms with E-state index in [1.807, 2.05) is 6.92 Å². The van der Waals surface area contributed by atoms with Crippen molar-refractivity contribution in [2.75, 3.05) is 32.7 Å². The van der Waals surface area contributed by atoms with Gasteiger partial charge < -0.3 is 5.32 Å². The van der Waals surface area contributed by atoms with E-state index < -0.39 is 0 Å². The van der Waals surface area contributed by atoms with Gasteiger partial charge in [0.25, 0.3) is 5.56 Å². The quantitative estimate of drug-likeness (QED) is 0.746. The minimum Gasteiger partial charge on any atom is -0.314 e. The van der Waals surface area contributed by atoms with Crippen molar-refractivity contribution < 1.29 is 0 Å². The van der Waals surface area contributed by atoms with E-state index >= 15 is 0 Å². The third kappa shape index (κ3) is 2.90. The first kappa shape index (κ1) is 11.3. The number of hydrogen-bond acceptors (Lipinski definition) is 4. The molecule has 0 unspecified atom stereocenters. The third-order valence-corrected chi connectivity index (χ3v) is 2.84. The maximum Gasteiger partial charge on any atom is 0.266 e. The van der Waals surface area contributed by atoms with Crippen molar-refractivity contribution in [2.24, 2.45) is 0 Å². The molecule has 88 valence electrons. The molecule has 1 aromatic heterocycles. The molecule has 1 N–H and O–H groups in total. The molecule has 0 aromatic carbocycles. The summed E-state index contributed by atoms with van der Waals surface area (Å²) in [7, 11) is 0. The first-order valence-electron chi connectivity index (χ1n) is 5.73. The average Bonchev–Trinajstić information content (AvgIpc) is 2.32. The number of rotatable bonds is 3. The summed E-state index contributed by atoms with van der Waals surface area (Å²) in [4.78, 5) is 13.9. The molecule has 1 aliphatic heterocycles. The Kier molecular flexibility index (Phi) is 3.69. The Hall–Kier alpha value is -1.20. The molecule has 5 nitrogen and oxygen atoms in total. The Balaban J connectivity index is 1.93. The summed E-state index contributed by atoms with van der Waals surface area (Å²) in [5.74, 6) is 0. The molecule has 0 saturated carbocycles. The fourth-order valence-corrected chi connectivity index (χ4v) is 1.88. The molecule has 0 radical (unpaired) electrons. The van der Waals surface area contributed by atoms with Crippen molar-refractivity contribution in [3.8, 4) is 0 Å². The molecule has 5 heteroatoms. The molecule has 1 fully saturated rings. The van der Waals surface area contributed by atoms with Gasteiger partial charge >= 0.3 is 0 Å². The molecule has 0 bridgehead atoms. The van der Waals surface area contributed by atoms with Gasteiger partial charge in [-0.2, -0.15) is 5.10 Å². The van der Waals surface area contributed by atoms with Crippen LogP contribution in [0.15, 0.2) is 16.9 Å². The zero-order chi connectivity index (χ0) is 11.4. The smallest absolute Gasteiger partial charge is 0.266 e. The van der Waals surface area contributed by atoms with Crippen LogP contribution in [-0.4, -0.2) is 47.4 Å². The summed E-state index contributed by atoms with van der Waals surface area (Å²) in [5.41, 5.74) is 0.876. The first-order chi connectivity index (χ1) is 7.75. The van der Waals surface area contributed by atoms with Crippen LogP contribution in [0.4, 0.5) is 0 Å². The van der Waals surface area contributed by atoms with E-state index in [1.165, 1.54) is 0 Å². The Labute approximate surface area is 95.1 Å². The van der Waals surface area contributed by atoms with Crippen LogP contribution in [0.1, 0.15) is 5.69 Å². The third-order valence-electron chi connectivity index (χ3n) is 2.84. The zero-order valence-electron chi connectivity index (χ0n) is 9.65. The van der Waals surface area contributed by atoms with Gasteiger partial charge in [0.2, 0.25) is 0 Å². The predicted molar refractivity (Wildman–Crippen MR) is 62.5 cm³/mol. The summed E-state index contributed by atoms with van der Waals surface area (Å²) in [5, 5.41) is 7.53. The normalized spacial score (nSPS) is 17.6. The van der Waals surface area contributed by atoms with Crippen molar-refractivity contribution in [2.45, 2.75) is 13.5 Å². The SMILES string of the molecule is Cc1ccc(=O)n(CCN2CCNCC2)n1. The van der Waals surface area contributed by atoms with E-state index in [9.17, 15) is 4.79 Å². The lowest BCUT2D eigenvalue weighted by atomic mass is 10.3. The summed E-state index contributed by atoms with van der Waals surface area (Å²) in [6, 6.07) is 3.34. The number of aromatic nitrogens is 2. The number of aryl methyl sites for hydroxylation is 1. The molecule has 2 rings (SSSR count). The zero-order valence-corrected chi connectivity index (χ0v) is 9.65. The largest absolute Gasteiger partial charge is 0.314 e. The lowest BCUT2D eigenvalue weighted by molar-refractivity contribution is 0.227. The second-order valence-corrected chi connectivity index (χ2v) is 4.13. The summed E-state index contributed by atoms with van der Waals surface area (Å²) in [6.07, 6.45) is 0. The van der Waals surface area contributed by atoms with Crippen LogP contribution < -0.4 is 10.9 Å². The van der Waals surface area contributed by atoms with Gasteiger partial charge in [-0.3, -0.25) is 9.69 Å². The summed E-state index contributed by atoms with van der Waals surface area (Å²) in [6.45, 7) is 7.67. The van der Waals surface area contributed by atoms with Gasteiger partial charge in [-0.25, -0.2) is 4.68 Å². The van der Waals surface area contributed by atoms with Crippen molar-refractivity contribution >= 4 is 0 Å². The molecule has 1 aliphatic rings. The highest BCUT2D eigenvalue weighted by atomic mass is 16.1. The van der Waals surface area contributed by atoms with Gasteiger partial charge in [0.1, 0.15) is 0 Å². The van der Waals surface area contributed by atoms with Gasteiger partial charge in [-0.05, 0) is 13.0 Å². The van der Waals surface area contributed by atoms with Crippen LogP contribution in [0.25, 0.3) is 0 Å². The average molecular weight is 222 g/mol. The first-order valence-corrected chi connectivity index (χ1v) is 5.73. The highest BCUT2D eigenvalue weighted by molar-refractivity contribution is 4.97. The minimum atomic E-state index is -0.0132. The molecule has 2 heterocycles. The highest BCUT2D eigenvalue weighted by Crippen LogP contribution is 1.93. The Morgan fingerprint density at radius 1 is 1.31 bits per heavy atom. The number of piperazine rings is 1.